The van der Waals surface area contributed by atoms with E-state index in [0.29, 0.717) is 13.2 Å². The number of carbonyl (C=O) groups is 1. The van der Waals surface area contributed by atoms with Crippen molar-refractivity contribution in [2.45, 2.75) is 13.3 Å². The van der Waals surface area contributed by atoms with Crippen molar-refractivity contribution in [2.75, 3.05) is 26.8 Å². The molecule has 1 aromatic rings. The van der Waals surface area contributed by atoms with Gasteiger partial charge in [0, 0.05) is 30.2 Å². The Bertz CT molecular complexity index is 511. The van der Waals surface area contributed by atoms with Crippen molar-refractivity contribution in [3.05, 3.63) is 45.4 Å². The number of hydrogen-bond acceptors (Lipinski definition) is 2. The summed E-state index contributed by atoms with van der Waals surface area (Å²) < 4.78 is 6.09. The van der Waals surface area contributed by atoms with E-state index in [9.17, 15) is 4.79 Å². The summed E-state index contributed by atoms with van der Waals surface area (Å²) in [5, 5.41) is 0. The summed E-state index contributed by atoms with van der Waals surface area (Å²) >= 11 is 3.47. The third kappa shape index (κ3) is 3.45. The van der Waals surface area contributed by atoms with Gasteiger partial charge in [0.1, 0.15) is 0 Å². The monoisotopic (exact) mass is 323 g/mol. The van der Waals surface area contributed by atoms with Crippen LogP contribution >= 0.6 is 15.9 Å². The molecule has 1 aromatic carbocycles. The lowest BCUT2D eigenvalue weighted by atomic mass is 10.1. The highest BCUT2D eigenvalue weighted by Gasteiger charge is 2.18. The van der Waals surface area contributed by atoms with Gasteiger partial charge in [-0.3, -0.25) is 4.79 Å². The van der Waals surface area contributed by atoms with Crippen LogP contribution in [0, 0.1) is 6.92 Å². The van der Waals surface area contributed by atoms with Crippen LogP contribution in [0.1, 0.15) is 22.3 Å². The van der Waals surface area contributed by atoms with Crippen molar-refractivity contribution in [1.82, 2.24) is 4.90 Å². The highest BCUT2D eigenvalue weighted by Crippen LogP contribution is 2.20. The number of nitrogens with zero attached hydrogens (tertiary/aromatic N) is 1. The molecule has 102 valence electrons. The average Bonchev–Trinajstić information content (AvgIpc) is 2.42. The van der Waals surface area contributed by atoms with Gasteiger partial charge < -0.3 is 9.64 Å². The molecular formula is C15H18BrNO2. The Hall–Kier alpha value is -1.13. The first-order valence-electron chi connectivity index (χ1n) is 6.34. The molecule has 0 fully saturated rings. The summed E-state index contributed by atoms with van der Waals surface area (Å²) in [6.07, 6.45) is 2.99. The predicted octanol–water partition coefficient (Wildman–Crippen LogP) is 3.18. The van der Waals surface area contributed by atoms with Crippen LogP contribution in [0.5, 0.6) is 0 Å². The first kappa shape index (κ1) is 14.3. The Morgan fingerprint density at radius 3 is 2.84 bits per heavy atom. The van der Waals surface area contributed by atoms with Gasteiger partial charge in [-0.2, -0.15) is 0 Å². The molecule has 1 aliphatic heterocycles. The van der Waals surface area contributed by atoms with Crippen LogP contribution in [0.15, 0.2) is 34.3 Å². The van der Waals surface area contributed by atoms with Crippen LogP contribution in [-0.4, -0.2) is 37.6 Å². The van der Waals surface area contributed by atoms with Gasteiger partial charge in [0.15, 0.2) is 0 Å². The number of ether oxygens (including phenoxy) is 1. The molecule has 3 nitrogen and oxygen atoms in total. The third-order valence-corrected chi connectivity index (χ3v) is 4.19. The van der Waals surface area contributed by atoms with Crippen LogP contribution in [0.4, 0.5) is 0 Å². The van der Waals surface area contributed by atoms with Crippen molar-refractivity contribution in [2.24, 2.45) is 0 Å². The number of amides is 1. The zero-order valence-electron chi connectivity index (χ0n) is 11.3. The van der Waals surface area contributed by atoms with Crippen LogP contribution in [0.25, 0.3) is 0 Å². The maximum Gasteiger partial charge on any atom is 0.254 e. The highest BCUT2D eigenvalue weighted by molar-refractivity contribution is 9.10. The zero-order valence-corrected chi connectivity index (χ0v) is 12.9. The van der Waals surface area contributed by atoms with E-state index in [4.69, 9.17) is 4.74 Å². The van der Waals surface area contributed by atoms with E-state index in [1.807, 2.05) is 30.0 Å². The molecule has 2 rings (SSSR count). The molecule has 0 atom stereocenters. The standard InChI is InChI=1S/C15H18BrNO2/c1-11-3-4-13(9-14(11)16)15(18)17-7-5-12(6-8-17)10-19-2/h3-5,9H,6-8,10H2,1-2H3. The molecule has 0 saturated carbocycles. The third-order valence-electron chi connectivity index (χ3n) is 3.34. The van der Waals surface area contributed by atoms with Crippen LogP contribution < -0.4 is 0 Å². The van der Waals surface area contributed by atoms with Crippen molar-refractivity contribution >= 4 is 21.8 Å². The quantitative estimate of drug-likeness (QED) is 0.799. The van der Waals surface area contributed by atoms with Gasteiger partial charge in [-0.05, 0) is 36.6 Å². The molecule has 0 spiro atoms. The van der Waals surface area contributed by atoms with Crippen molar-refractivity contribution in [3.8, 4) is 0 Å². The zero-order chi connectivity index (χ0) is 13.8. The minimum absolute atomic E-state index is 0.0911. The highest BCUT2D eigenvalue weighted by atomic mass is 79.9. The second kappa shape index (κ2) is 6.35. The maximum atomic E-state index is 12.4. The van der Waals surface area contributed by atoms with Gasteiger partial charge in [0.2, 0.25) is 0 Å². The number of rotatable bonds is 3. The smallest absolute Gasteiger partial charge is 0.254 e. The summed E-state index contributed by atoms with van der Waals surface area (Å²) in [6, 6.07) is 5.75. The van der Waals surface area contributed by atoms with E-state index < -0.39 is 0 Å². The average molecular weight is 324 g/mol. The topological polar surface area (TPSA) is 29.5 Å². The van der Waals surface area contributed by atoms with E-state index in [-0.39, 0.29) is 5.91 Å². The number of carbonyl (C=O) groups excluding carboxylic acids is 1. The molecule has 0 aromatic heterocycles. The molecule has 1 aliphatic rings. The Kier molecular flexibility index (Phi) is 4.77. The van der Waals surface area contributed by atoms with E-state index >= 15 is 0 Å². The van der Waals surface area contributed by atoms with Crippen LogP contribution in [0.2, 0.25) is 0 Å². The number of benzene rings is 1. The fourth-order valence-electron chi connectivity index (χ4n) is 2.12. The Morgan fingerprint density at radius 2 is 2.26 bits per heavy atom. The SMILES string of the molecule is COCC1=CCN(C(=O)c2ccc(C)c(Br)c2)CC1. The van der Waals surface area contributed by atoms with Gasteiger partial charge in [0.05, 0.1) is 6.61 Å². The normalized spacial score (nSPS) is 15.3. The Morgan fingerprint density at radius 1 is 1.47 bits per heavy atom. The lowest BCUT2D eigenvalue weighted by Crippen LogP contribution is -2.35. The summed E-state index contributed by atoms with van der Waals surface area (Å²) in [7, 11) is 1.70. The van der Waals surface area contributed by atoms with E-state index in [2.05, 4.69) is 22.0 Å². The number of hydrogen-bond donors (Lipinski definition) is 0. The van der Waals surface area contributed by atoms with Gasteiger partial charge in [-0.1, -0.05) is 28.1 Å². The summed E-state index contributed by atoms with van der Waals surface area (Å²) in [5.74, 6) is 0.0911. The largest absolute Gasteiger partial charge is 0.380 e. The lowest BCUT2D eigenvalue weighted by Gasteiger charge is -2.26. The first-order valence-corrected chi connectivity index (χ1v) is 7.13. The maximum absolute atomic E-state index is 12.4. The Balaban J connectivity index is 2.07. The molecule has 4 heteroatoms. The van der Waals surface area contributed by atoms with Crippen LogP contribution in [0.3, 0.4) is 0 Å². The number of halogens is 1. The fourth-order valence-corrected chi connectivity index (χ4v) is 2.50. The van der Waals surface area contributed by atoms with E-state index in [1.165, 1.54) is 5.57 Å². The lowest BCUT2D eigenvalue weighted by molar-refractivity contribution is 0.0765. The number of aryl methyl sites for hydroxylation is 1. The van der Waals surface area contributed by atoms with Gasteiger partial charge in [-0.15, -0.1) is 0 Å². The molecule has 0 bridgehead atoms. The minimum Gasteiger partial charge on any atom is -0.380 e. The molecule has 19 heavy (non-hydrogen) atoms. The van der Waals surface area contributed by atoms with Gasteiger partial charge >= 0.3 is 0 Å². The second-order valence-corrected chi connectivity index (χ2v) is 5.61. The Labute approximate surface area is 122 Å². The van der Waals surface area contributed by atoms with Crippen LogP contribution in [-0.2, 0) is 4.74 Å². The molecule has 0 saturated heterocycles. The first-order chi connectivity index (χ1) is 9.11. The summed E-state index contributed by atoms with van der Waals surface area (Å²) in [6.45, 7) is 4.11. The van der Waals surface area contributed by atoms with Gasteiger partial charge in [-0.25, -0.2) is 0 Å². The van der Waals surface area contributed by atoms with Crippen molar-refractivity contribution < 1.29 is 9.53 Å². The molecule has 0 N–H and O–H groups in total. The summed E-state index contributed by atoms with van der Waals surface area (Å²) in [4.78, 5) is 14.2. The predicted molar refractivity (Wildman–Crippen MR) is 79.4 cm³/mol. The van der Waals surface area contributed by atoms with Gasteiger partial charge in [0.25, 0.3) is 5.91 Å². The van der Waals surface area contributed by atoms with E-state index in [1.54, 1.807) is 7.11 Å². The molecular weight excluding hydrogens is 306 g/mol. The molecule has 0 aliphatic carbocycles. The second-order valence-electron chi connectivity index (χ2n) is 4.76. The molecule has 0 unspecified atom stereocenters. The van der Waals surface area contributed by atoms with Crippen molar-refractivity contribution in [1.29, 1.82) is 0 Å². The molecule has 1 heterocycles. The summed E-state index contributed by atoms with van der Waals surface area (Å²) in [5.41, 5.74) is 3.15. The number of methoxy groups -OCH3 is 1. The van der Waals surface area contributed by atoms with Crippen molar-refractivity contribution in [3.63, 3.8) is 0 Å². The molecule has 1 amide bonds. The minimum atomic E-state index is 0.0911. The fraction of sp³-hybridized carbons (Fsp3) is 0.400. The van der Waals surface area contributed by atoms with E-state index in [0.717, 1.165) is 28.6 Å². The molecule has 0 radical (unpaired) electrons.